The molecule has 130 valence electrons. The number of hydrogen-bond donors (Lipinski definition) is 3. The Bertz CT molecular complexity index is 435. The van der Waals surface area contributed by atoms with Crippen LogP contribution in [0.4, 0.5) is 0 Å². The molecule has 1 aliphatic rings. The molecule has 0 aromatic heterocycles. The van der Waals surface area contributed by atoms with Crippen LogP contribution in [-0.2, 0) is 19.6 Å². The van der Waals surface area contributed by atoms with Crippen molar-refractivity contribution in [2.75, 3.05) is 25.4 Å². The van der Waals surface area contributed by atoms with E-state index >= 15 is 0 Å². The van der Waals surface area contributed by atoms with Crippen molar-refractivity contribution in [2.24, 2.45) is 11.7 Å². The fraction of sp³-hybridized carbons (Fsp3) is 0.929. The minimum Gasteiger partial charge on any atom is -0.377 e. The number of amides is 1. The van der Waals surface area contributed by atoms with Crippen molar-refractivity contribution >= 4 is 15.9 Å². The maximum absolute atomic E-state index is 11.9. The summed E-state index contributed by atoms with van der Waals surface area (Å²) in [6, 6.07) is -0.601. The molecule has 3 atom stereocenters. The lowest BCUT2D eigenvalue weighted by Crippen LogP contribution is -2.46. The van der Waals surface area contributed by atoms with E-state index in [9.17, 15) is 13.2 Å². The minimum absolute atomic E-state index is 0.0445. The van der Waals surface area contributed by atoms with Gasteiger partial charge in [0.15, 0.2) is 0 Å². The summed E-state index contributed by atoms with van der Waals surface area (Å²) in [5.74, 6) is -0.392. The number of carbonyl (C=O) groups excluding carboxylic acids is 1. The molecule has 3 unspecified atom stereocenters. The van der Waals surface area contributed by atoms with Gasteiger partial charge in [-0.05, 0) is 25.2 Å². The van der Waals surface area contributed by atoms with Crippen molar-refractivity contribution in [3.05, 3.63) is 0 Å². The molecule has 0 saturated carbocycles. The summed E-state index contributed by atoms with van der Waals surface area (Å²) in [7, 11) is -3.41. The first-order valence-electron chi connectivity index (χ1n) is 7.98. The van der Waals surface area contributed by atoms with E-state index in [0.29, 0.717) is 13.2 Å². The highest BCUT2D eigenvalue weighted by molar-refractivity contribution is 7.89. The zero-order valence-electron chi connectivity index (χ0n) is 13.5. The van der Waals surface area contributed by atoms with Gasteiger partial charge < -0.3 is 15.8 Å². The van der Waals surface area contributed by atoms with Crippen molar-refractivity contribution in [2.45, 2.75) is 51.7 Å². The first kappa shape index (κ1) is 19.3. The topological polar surface area (TPSA) is 111 Å². The number of carbonyl (C=O) groups is 1. The molecule has 0 bridgehead atoms. The predicted molar refractivity (Wildman–Crippen MR) is 85.8 cm³/mol. The van der Waals surface area contributed by atoms with Gasteiger partial charge in [-0.3, -0.25) is 4.79 Å². The predicted octanol–water partition coefficient (Wildman–Crippen LogP) is -0.0355. The molecule has 0 spiro atoms. The van der Waals surface area contributed by atoms with Crippen LogP contribution in [0.3, 0.4) is 0 Å². The molecule has 0 aromatic rings. The lowest BCUT2D eigenvalue weighted by molar-refractivity contribution is -0.123. The van der Waals surface area contributed by atoms with Crippen molar-refractivity contribution in [1.82, 2.24) is 10.0 Å². The van der Waals surface area contributed by atoms with E-state index in [-0.39, 0.29) is 30.2 Å². The molecule has 1 saturated heterocycles. The van der Waals surface area contributed by atoms with Crippen LogP contribution in [0.25, 0.3) is 0 Å². The fourth-order valence-electron chi connectivity index (χ4n) is 2.20. The van der Waals surface area contributed by atoms with E-state index in [1.54, 1.807) is 0 Å². The van der Waals surface area contributed by atoms with Gasteiger partial charge in [-0.1, -0.05) is 20.3 Å². The second-order valence-electron chi connectivity index (χ2n) is 5.86. The minimum atomic E-state index is -3.41. The van der Waals surface area contributed by atoms with Gasteiger partial charge >= 0.3 is 0 Å². The number of sulfonamides is 1. The Morgan fingerprint density at radius 1 is 1.41 bits per heavy atom. The summed E-state index contributed by atoms with van der Waals surface area (Å²) < 4.78 is 31.7. The number of hydrogen-bond acceptors (Lipinski definition) is 5. The summed E-state index contributed by atoms with van der Waals surface area (Å²) >= 11 is 0. The molecule has 8 heteroatoms. The SMILES string of the molecule is CCC(C)C(N)C(=O)NCCS(=O)(=O)NCC1CCCCO1. The van der Waals surface area contributed by atoms with Crippen LogP contribution >= 0.6 is 0 Å². The van der Waals surface area contributed by atoms with Gasteiger partial charge in [0.1, 0.15) is 0 Å². The molecule has 1 amide bonds. The molecule has 22 heavy (non-hydrogen) atoms. The van der Waals surface area contributed by atoms with Crippen molar-refractivity contribution in [1.29, 1.82) is 0 Å². The third-order valence-electron chi connectivity index (χ3n) is 4.03. The monoisotopic (exact) mass is 335 g/mol. The maximum atomic E-state index is 11.9. The molecule has 1 aliphatic heterocycles. The zero-order valence-corrected chi connectivity index (χ0v) is 14.3. The molecule has 1 rings (SSSR count). The summed E-state index contributed by atoms with van der Waals surface area (Å²) in [4.78, 5) is 11.8. The first-order chi connectivity index (χ1) is 10.4. The summed E-state index contributed by atoms with van der Waals surface area (Å²) in [5.41, 5.74) is 5.78. The first-order valence-corrected chi connectivity index (χ1v) is 9.63. The number of ether oxygens (including phenoxy) is 1. The molecular weight excluding hydrogens is 306 g/mol. The molecule has 0 aliphatic carbocycles. The smallest absolute Gasteiger partial charge is 0.237 e. The molecule has 0 aromatic carbocycles. The van der Waals surface area contributed by atoms with Crippen LogP contribution in [0, 0.1) is 5.92 Å². The Morgan fingerprint density at radius 3 is 2.73 bits per heavy atom. The third kappa shape index (κ3) is 7.04. The molecule has 1 heterocycles. The average Bonchev–Trinajstić information content (AvgIpc) is 2.52. The molecular formula is C14H29N3O4S. The average molecular weight is 335 g/mol. The highest BCUT2D eigenvalue weighted by Gasteiger charge is 2.21. The summed E-state index contributed by atoms with van der Waals surface area (Å²) in [6.07, 6.45) is 3.73. The highest BCUT2D eigenvalue weighted by Crippen LogP contribution is 2.11. The second kappa shape index (κ2) is 9.44. The Morgan fingerprint density at radius 2 is 2.14 bits per heavy atom. The van der Waals surface area contributed by atoms with Gasteiger partial charge in [0.25, 0.3) is 0 Å². The van der Waals surface area contributed by atoms with Gasteiger partial charge in [0, 0.05) is 19.7 Å². The van der Waals surface area contributed by atoms with E-state index in [4.69, 9.17) is 10.5 Å². The van der Waals surface area contributed by atoms with Gasteiger partial charge in [-0.2, -0.15) is 0 Å². The Labute approximate surface area is 133 Å². The van der Waals surface area contributed by atoms with Crippen molar-refractivity contribution in [3.63, 3.8) is 0 Å². The maximum Gasteiger partial charge on any atom is 0.237 e. The van der Waals surface area contributed by atoms with Crippen molar-refractivity contribution in [3.8, 4) is 0 Å². The van der Waals surface area contributed by atoms with E-state index < -0.39 is 16.1 Å². The standard InChI is InChI=1S/C14H29N3O4S/c1-3-11(2)13(15)14(18)16-7-9-22(19,20)17-10-12-6-4-5-8-21-12/h11-13,17H,3-10,15H2,1-2H3,(H,16,18). The molecule has 0 radical (unpaired) electrons. The molecule has 4 N–H and O–H groups in total. The highest BCUT2D eigenvalue weighted by atomic mass is 32.2. The fourth-order valence-corrected chi connectivity index (χ4v) is 3.15. The summed E-state index contributed by atoms with van der Waals surface area (Å²) in [5, 5.41) is 2.58. The van der Waals surface area contributed by atoms with Gasteiger partial charge in [-0.25, -0.2) is 13.1 Å². The Kier molecular flexibility index (Phi) is 8.30. The lowest BCUT2D eigenvalue weighted by atomic mass is 9.99. The van der Waals surface area contributed by atoms with Crippen LogP contribution in [0.2, 0.25) is 0 Å². The molecule has 1 fully saturated rings. The van der Waals surface area contributed by atoms with Gasteiger partial charge in [-0.15, -0.1) is 0 Å². The van der Waals surface area contributed by atoms with Crippen molar-refractivity contribution < 1.29 is 17.9 Å². The van der Waals surface area contributed by atoms with Crippen LogP contribution in [0.5, 0.6) is 0 Å². The van der Waals surface area contributed by atoms with Crippen LogP contribution in [-0.4, -0.2) is 51.9 Å². The Balaban J connectivity index is 2.25. The van der Waals surface area contributed by atoms with E-state index in [2.05, 4.69) is 10.0 Å². The van der Waals surface area contributed by atoms with E-state index in [1.165, 1.54) is 0 Å². The van der Waals surface area contributed by atoms with Gasteiger partial charge in [0.2, 0.25) is 15.9 Å². The number of nitrogens with one attached hydrogen (secondary N) is 2. The van der Waals surface area contributed by atoms with Crippen LogP contribution in [0.1, 0.15) is 39.5 Å². The normalized spacial score (nSPS) is 22.0. The van der Waals surface area contributed by atoms with E-state index in [0.717, 1.165) is 25.7 Å². The van der Waals surface area contributed by atoms with Crippen LogP contribution in [0.15, 0.2) is 0 Å². The quantitative estimate of drug-likeness (QED) is 0.548. The number of rotatable bonds is 9. The zero-order chi connectivity index (χ0) is 16.6. The third-order valence-corrected chi connectivity index (χ3v) is 5.38. The van der Waals surface area contributed by atoms with Gasteiger partial charge in [0.05, 0.1) is 17.9 Å². The molecule has 7 nitrogen and oxygen atoms in total. The Hall–Kier alpha value is -0.700. The summed E-state index contributed by atoms with van der Waals surface area (Å²) in [6.45, 7) is 4.90. The van der Waals surface area contributed by atoms with Crippen LogP contribution < -0.4 is 15.8 Å². The lowest BCUT2D eigenvalue weighted by Gasteiger charge is -2.22. The number of nitrogens with two attached hydrogens (primary N) is 1. The largest absolute Gasteiger partial charge is 0.377 e. The second-order valence-corrected chi connectivity index (χ2v) is 7.78. The van der Waals surface area contributed by atoms with E-state index in [1.807, 2.05) is 13.8 Å².